The standard InChI is InChI=1S/C32H37ClN2O6/c1-4-40-30(37)19-21-14-17-34(18-15-21)29(36)13-12-27-26-8-6-16-35(26)25-11-10-22(33)20-24(25)31(41-27)23-7-5-9-28(38-2)32(23)39-3/h5-11,16,20-21,27,31H,4,12-15,17-19H2,1-3H3/t27-,31-/m0/s1. The Bertz CT molecular complexity index is 1380. The van der Waals surface area contributed by atoms with Crippen LogP contribution in [-0.2, 0) is 19.1 Å². The van der Waals surface area contributed by atoms with Crippen molar-refractivity contribution in [3.05, 3.63) is 76.6 Å². The molecule has 41 heavy (non-hydrogen) atoms. The molecule has 2 aromatic carbocycles. The van der Waals surface area contributed by atoms with Crippen LogP contribution in [0.1, 0.15) is 68.1 Å². The van der Waals surface area contributed by atoms with E-state index in [1.165, 1.54) is 0 Å². The van der Waals surface area contributed by atoms with Gasteiger partial charge in [0.25, 0.3) is 0 Å². The van der Waals surface area contributed by atoms with Crippen LogP contribution in [-0.4, -0.2) is 55.3 Å². The van der Waals surface area contributed by atoms with E-state index >= 15 is 0 Å². The summed E-state index contributed by atoms with van der Waals surface area (Å²) in [5.74, 6) is 1.41. The molecule has 2 atom stereocenters. The minimum atomic E-state index is -0.507. The van der Waals surface area contributed by atoms with Crippen molar-refractivity contribution in [2.24, 2.45) is 5.92 Å². The van der Waals surface area contributed by atoms with E-state index in [4.69, 9.17) is 30.5 Å². The van der Waals surface area contributed by atoms with Crippen LogP contribution in [0.2, 0.25) is 5.02 Å². The first-order valence-corrected chi connectivity index (χ1v) is 14.6. The molecule has 1 amide bonds. The molecule has 0 radical (unpaired) electrons. The lowest BCUT2D eigenvalue weighted by molar-refractivity contribution is -0.144. The molecule has 0 bridgehead atoms. The van der Waals surface area contributed by atoms with Gasteiger partial charge in [0.2, 0.25) is 5.91 Å². The fourth-order valence-electron chi connectivity index (χ4n) is 5.97. The minimum Gasteiger partial charge on any atom is -0.493 e. The molecular formula is C32H37ClN2O6. The number of hydrogen-bond donors (Lipinski definition) is 0. The molecule has 1 saturated heterocycles. The third kappa shape index (κ3) is 6.23. The molecule has 2 aliphatic rings. The van der Waals surface area contributed by atoms with Gasteiger partial charge < -0.3 is 28.4 Å². The molecule has 3 aromatic rings. The zero-order valence-corrected chi connectivity index (χ0v) is 24.6. The fourth-order valence-corrected chi connectivity index (χ4v) is 6.15. The zero-order valence-electron chi connectivity index (χ0n) is 23.8. The van der Waals surface area contributed by atoms with Crippen molar-refractivity contribution in [2.75, 3.05) is 33.9 Å². The lowest BCUT2D eigenvalue weighted by Crippen LogP contribution is -2.39. The number of esters is 1. The third-order valence-corrected chi connectivity index (χ3v) is 8.24. The molecule has 3 heterocycles. The number of amides is 1. The maximum absolute atomic E-state index is 13.3. The predicted molar refractivity (Wildman–Crippen MR) is 156 cm³/mol. The molecule has 0 saturated carbocycles. The van der Waals surface area contributed by atoms with Crippen molar-refractivity contribution in [1.29, 1.82) is 0 Å². The van der Waals surface area contributed by atoms with E-state index in [-0.39, 0.29) is 23.9 Å². The first-order chi connectivity index (χ1) is 19.9. The van der Waals surface area contributed by atoms with Gasteiger partial charge in [0.05, 0.1) is 38.3 Å². The number of piperidine rings is 1. The van der Waals surface area contributed by atoms with Gasteiger partial charge in [0.15, 0.2) is 11.5 Å². The Morgan fingerprint density at radius 3 is 2.56 bits per heavy atom. The second kappa shape index (κ2) is 13.0. The summed E-state index contributed by atoms with van der Waals surface area (Å²) in [4.78, 5) is 27.1. The number of benzene rings is 2. The second-order valence-electron chi connectivity index (χ2n) is 10.5. The topological polar surface area (TPSA) is 79.2 Å². The summed E-state index contributed by atoms with van der Waals surface area (Å²) >= 11 is 6.50. The van der Waals surface area contributed by atoms with Crippen molar-refractivity contribution >= 4 is 23.5 Å². The number of methoxy groups -OCH3 is 2. The number of rotatable bonds is 9. The third-order valence-electron chi connectivity index (χ3n) is 8.01. The van der Waals surface area contributed by atoms with E-state index in [1.807, 2.05) is 66.6 Å². The maximum atomic E-state index is 13.3. The van der Waals surface area contributed by atoms with Crippen molar-refractivity contribution in [2.45, 2.75) is 51.2 Å². The summed E-state index contributed by atoms with van der Waals surface area (Å²) in [6.07, 6.45) is 4.03. The van der Waals surface area contributed by atoms with E-state index in [0.717, 1.165) is 35.3 Å². The van der Waals surface area contributed by atoms with Gasteiger partial charge in [0.1, 0.15) is 6.10 Å². The zero-order chi connectivity index (χ0) is 28.9. The van der Waals surface area contributed by atoms with E-state index < -0.39 is 6.10 Å². The first-order valence-electron chi connectivity index (χ1n) is 14.2. The van der Waals surface area contributed by atoms with Gasteiger partial charge in [-0.3, -0.25) is 9.59 Å². The van der Waals surface area contributed by atoms with Crippen molar-refractivity contribution < 1.29 is 28.5 Å². The predicted octanol–water partition coefficient (Wildman–Crippen LogP) is 6.28. The molecule has 0 N–H and O–H groups in total. The average Bonchev–Trinajstić information content (AvgIpc) is 3.42. The average molecular weight is 581 g/mol. The monoisotopic (exact) mass is 580 g/mol. The number of para-hydroxylation sites is 1. The fraction of sp³-hybridized carbons (Fsp3) is 0.438. The largest absolute Gasteiger partial charge is 0.493 e. The quantitative estimate of drug-likeness (QED) is 0.277. The Balaban J connectivity index is 1.37. The smallest absolute Gasteiger partial charge is 0.306 e. The van der Waals surface area contributed by atoms with Gasteiger partial charge in [-0.1, -0.05) is 23.7 Å². The summed E-state index contributed by atoms with van der Waals surface area (Å²) in [6, 6.07) is 15.6. The van der Waals surface area contributed by atoms with Gasteiger partial charge in [0, 0.05) is 48.3 Å². The lowest BCUT2D eigenvalue weighted by atomic mass is 9.93. The van der Waals surface area contributed by atoms with Crippen LogP contribution in [0.25, 0.3) is 5.69 Å². The van der Waals surface area contributed by atoms with Crippen molar-refractivity contribution in [1.82, 2.24) is 9.47 Å². The van der Waals surface area contributed by atoms with Crippen molar-refractivity contribution in [3.8, 4) is 17.2 Å². The Labute approximate surface area is 246 Å². The molecule has 0 spiro atoms. The number of carbonyl (C=O) groups excluding carboxylic acids is 2. The normalized spacial score (nSPS) is 18.7. The van der Waals surface area contributed by atoms with Gasteiger partial charge in [-0.05, 0) is 68.5 Å². The number of carbonyl (C=O) groups is 2. The Morgan fingerprint density at radius 2 is 1.83 bits per heavy atom. The summed E-state index contributed by atoms with van der Waals surface area (Å²) < 4.78 is 25.5. The number of fused-ring (bicyclic) bond motifs is 3. The van der Waals surface area contributed by atoms with Crippen LogP contribution >= 0.6 is 11.6 Å². The van der Waals surface area contributed by atoms with E-state index in [2.05, 4.69) is 4.57 Å². The molecule has 9 heteroatoms. The molecule has 1 fully saturated rings. The van der Waals surface area contributed by atoms with E-state index in [9.17, 15) is 9.59 Å². The SMILES string of the molecule is CCOC(=O)CC1CCN(C(=O)CC[C@@H]2O[C@@H](c3cccc(OC)c3OC)c3cc(Cl)ccc3-n3cccc32)CC1. The lowest BCUT2D eigenvalue weighted by Gasteiger charge is -2.32. The molecule has 1 aromatic heterocycles. The Morgan fingerprint density at radius 1 is 1.02 bits per heavy atom. The highest BCUT2D eigenvalue weighted by molar-refractivity contribution is 6.30. The number of likely N-dealkylation sites (tertiary alicyclic amines) is 1. The highest BCUT2D eigenvalue weighted by Gasteiger charge is 2.34. The summed E-state index contributed by atoms with van der Waals surface area (Å²) in [5.41, 5.74) is 3.65. The highest BCUT2D eigenvalue weighted by Crippen LogP contribution is 2.46. The molecule has 0 aliphatic carbocycles. The number of hydrogen-bond acceptors (Lipinski definition) is 6. The van der Waals surface area contributed by atoms with Crippen LogP contribution in [0.5, 0.6) is 11.5 Å². The minimum absolute atomic E-state index is 0.0987. The second-order valence-corrected chi connectivity index (χ2v) is 10.9. The highest BCUT2D eigenvalue weighted by atomic mass is 35.5. The number of ether oxygens (including phenoxy) is 4. The summed E-state index contributed by atoms with van der Waals surface area (Å²) in [6.45, 7) is 3.51. The number of halogens is 1. The summed E-state index contributed by atoms with van der Waals surface area (Å²) in [5, 5.41) is 0.605. The summed E-state index contributed by atoms with van der Waals surface area (Å²) in [7, 11) is 3.23. The van der Waals surface area contributed by atoms with Crippen LogP contribution in [0.15, 0.2) is 54.7 Å². The van der Waals surface area contributed by atoms with Gasteiger partial charge >= 0.3 is 5.97 Å². The first kappa shape index (κ1) is 29.0. The molecular weight excluding hydrogens is 544 g/mol. The van der Waals surface area contributed by atoms with Crippen molar-refractivity contribution in [3.63, 3.8) is 0 Å². The van der Waals surface area contributed by atoms with E-state index in [0.29, 0.717) is 55.5 Å². The van der Waals surface area contributed by atoms with Crippen LogP contribution in [0.3, 0.4) is 0 Å². The number of aromatic nitrogens is 1. The van der Waals surface area contributed by atoms with Gasteiger partial charge in [-0.2, -0.15) is 0 Å². The molecule has 2 aliphatic heterocycles. The van der Waals surface area contributed by atoms with Crippen LogP contribution in [0, 0.1) is 5.92 Å². The van der Waals surface area contributed by atoms with E-state index in [1.54, 1.807) is 14.2 Å². The molecule has 5 rings (SSSR count). The molecule has 8 nitrogen and oxygen atoms in total. The number of nitrogens with zero attached hydrogens (tertiary/aromatic N) is 2. The Kier molecular flexibility index (Phi) is 9.20. The maximum Gasteiger partial charge on any atom is 0.306 e. The van der Waals surface area contributed by atoms with Crippen LogP contribution in [0.4, 0.5) is 0 Å². The Hall–Kier alpha value is -3.49. The van der Waals surface area contributed by atoms with Crippen LogP contribution < -0.4 is 9.47 Å². The van der Waals surface area contributed by atoms with Gasteiger partial charge in [-0.15, -0.1) is 0 Å². The van der Waals surface area contributed by atoms with Gasteiger partial charge in [-0.25, -0.2) is 0 Å². The molecule has 0 unspecified atom stereocenters. The molecule has 218 valence electrons.